The van der Waals surface area contributed by atoms with Crippen molar-refractivity contribution in [1.29, 1.82) is 0 Å². The standard InChI is InChI=1S/C23H38N2O3/c1-17-11-13-23(20(26)24-19(17)18-9-6-5-7-10-18)12-8-15-25(16-14-23)21(27)28-22(2,3)4/h18H,5-16H2,1-4H3,(H,24,26). The van der Waals surface area contributed by atoms with Gasteiger partial charge in [-0.2, -0.15) is 0 Å². The summed E-state index contributed by atoms with van der Waals surface area (Å²) in [5.74, 6) is 0.716. The summed E-state index contributed by atoms with van der Waals surface area (Å²) in [7, 11) is 0. The van der Waals surface area contributed by atoms with E-state index in [0.29, 0.717) is 19.0 Å². The van der Waals surface area contributed by atoms with Crippen molar-refractivity contribution in [1.82, 2.24) is 10.2 Å². The Morgan fingerprint density at radius 1 is 1.07 bits per heavy atom. The highest BCUT2D eigenvalue weighted by Gasteiger charge is 2.43. The Bertz CT molecular complexity index is 628. The van der Waals surface area contributed by atoms with Gasteiger partial charge in [-0.15, -0.1) is 0 Å². The van der Waals surface area contributed by atoms with Gasteiger partial charge in [-0.1, -0.05) is 24.8 Å². The molecular weight excluding hydrogens is 352 g/mol. The van der Waals surface area contributed by atoms with E-state index < -0.39 is 5.60 Å². The summed E-state index contributed by atoms with van der Waals surface area (Å²) in [4.78, 5) is 27.7. The average molecular weight is 391 g/mol. The Labute approximate surface area is 170 Å². The highest BCUT2D eigenvalue weighted by Crippen LogP contribution is 2.42. The Balaban J connectivity index is 1.68. The van der Waals surface area contributed by atoms with E-state index in [1.54, 1.807) is 4.90 Å². The predicted molar refractivity (Wildman–Crippen MR) is 111 cm³/mol. The molecule has 0 aromatic rings. The zero-order valence-electron chi connectivity index (χ0n) is 18.2. The van der Waals surface area contributed by atoms with Gasteiger partial charge in [0, 0.05) is 18.8 Å². The van der Waals surface area contributed by atoms with Crippen molar-refractivity contribution in [2.75, 3.05) is 13.1 Å². The van der Waals surface area contributed by atoms with E-state index in [0.717, 1.165) is 32.1 Å². The maximum atomic E-state index is 13.4. The summed E-state index contributed by atoms with van der Waals surface area (Å²) in [6.45, 7) is 9.15. The molecule has 1 unspecified atom stereocenters. The molecule has 0 aromatic heterocycles. The molecule has 3 rings (SSSR count). The Morgan fingerprint density at radius 2 is 1.79 bits per heavy atom. The Morgan fingerprint density at radius 3 is 2.46 bits per heavy atom. The Hall–Kier alpha value is -1.52. The maximum Gasteiger partial charge on any atom is 0.410 e. The zero-order chi connectivity index (χ0) is 20.4. The summed E-state index contributed by atoms with van der Waals surface area (Å²) in [5, 5.41) is 3.37. The third kappa shape index (κ3) is 4.90. The second-order valence-corrected chi connectivity index (χ2v) is 10.1. The van der Waals surface area contributed by atoms with E-state index in [-0.39, 0.29) is 17.4 Å². The first-order valence-electron chi connectivity index (χ1n) is 11.2. The van der Waals surface area contributed by atoms with Crippen LogP contribution in [-0.4, -0.2) is 35.6 Å². The SMILES string of the molecule is CC1=C(C2CCCCC2)NC(=O)C2(CCCN(C(=O)OC(C)(C)C)CC2)CC1. The summed E-state index contributed by atoms with van der Waals surface area (Å²) in [6, 6.07) is 0. The molecule has 5 nitrogen and oxygen atoms in total. The number of hydrogen-bond donors (Lipinski definition) is 1. The predicted octanol–water partition coefficient (Wildman–Crippen LogP) is 5.16. The van der Waals surface area contributed by atoms with E-state index in [1.807, 2.05) is 20.8 Å². The van der Waals surface area contributed by atoms with Gasteiger partial charge in [0.25, 0.3) is 0 Å². The number of carbonyl (C=O) groups is 2. The van der Waals surface area contributed by atoms with E-state index in [9.17, 15) is 9.59 Å². The molecule has 1 atom stereocenters. The molecule has 5 heteroatoms. The van der Waals surface area contributed by atoms with E-state index in [4.69, 9.17) is 4.74 Å². The van der Waals surface area contributed by atoms with Gasteiger partial charge in [-0.05, 0) is 78.6 Å². The van der Waals surface area contributed by atoms with Crippen LogP contribution in [0.5, 0.6) is 0 Å². The third-order valence-corrected chi connectivity index (χ3v) is 6.78. The van der Waals surface area contributed by atoms with Gasteiger partial charge in [0.2, 0.25) is 5.91 Å². The molecule has 28 heavy (non-hydrogen) atoms. The molecule has 0 bridgehead atoms. The van der Waals surface area contributed by atoms with Gasteiger partial charge in [0.15, 0.2) is 0 Å². The lowest BCUT2D eigenvalue weighted by Gasteiger charge is -2.31. The van der Waals surface area contributed by atoms with Crippen LogP contribution >= 0.6 is 0 Å². The van der Waals surface area contributed by atoms with Gasteiger partial charge in [0.05, 0.1) is 5.41 Å². The number of nitrogens with zero attached hydrogens (tertiary/aromatic N) is 1. The number of rotatable bonds is 1. The topological polar surface area (TPSA) is 58.6 Å². The number of likely N-dealkylation sites (tertiary alicyclic amines) is 1. The summed E-state index contributed by atoms with van der Waals surface area (Å²) < 4.78 is 5.55. The first-order chi connectivity index (χ1) is 13.2. The van der Waals surface area contributed by atoms with Gasteiger partial charge in [-0.25, -0.2) is 4.79 Å². The minimum Gasteiger partial charge on any atom is -0.444 e. The highest BCUT2D eigenvalue weighted by molar-refractivity contribution is 5.85. The van der Waals surface area contributed by atoms with Crippen LogP contribution in [0, 0.1) is 11.3 Å². The quantitative estimate of drug-likeness (QED) is 0.673. The maximum absolute atomic E-state index is 13.4. The number of hydrogen-bond acceptors (Lipinski definition) is 3. The molecule has 1 saturated heterocycles. The monoisotopic (exact) mass is 390 g/mol. The third-order valence-electron chi connectivity index (χ3n) is 6.78. The number of amides is 2. The lowest BCUT2D eigenvalue weighted by molar-refractivity contribution is -0.131. The van der Waals surface area contributed by atoms with Gasteiger partial charge in [-0.3, -0.25) is 4.79 Å². The van der Waals surface area contributed by atoms with Crippen molar-refractivity contribution < 1.29 is 14.3 Å². The minimum atomic E-state index is -0.489. The van der Waals surface area contributed by atoms with Gasteiger partial charge >= 0.3 is 6.09 Å². The van der Waals surface area contributed by atoms with Crippen molar-refractivity contribution in [3.05, 3.63) is 11.3 Å². The highest BCUT2D eigenvalue weighted by atomic mass is 16.6. The number of ether oxygens (including phenoxy) is 1. The van der Waals surface area contributed by atoms with Crippen molar-refractivity contribution in [3.63, 3.8) is 0 Å². The summed E-state index contributed by atoms with van der Waals surface area (Å²) >= 11 is 0. The molecule has 3 aliphatic rings. The molecular formula is C23H38N2O3. The number of nitrogens with one attached hydrogen (secondary N) is 1. The fourth-order valence-corrected chi connectivity index (χ4v) is 5.06. The van der Waals surface area contributed by atoms with Crippen molar-refractivity contribution >= 4 is 12.0 Å². The molecule has 1 aliphatic carbocycles. The molecule has 1 spiro atoms. The van der Waals surface area contributed by atoms with Crippen LogP contribution in [0.25, 0.3) is 0 Å². The Kier molecular flexibility index (Phi) is 6.41. The van der Waals surface area contributed by atoms with E-state index >= 15 is 0 Å². The van der Waals surface area contributed by atoms with Crippen LogP contribution in [0.4, 0.5) is 4.79 Å². The van der Waals surface area contributed by atoms with Crippen molar-refractivity contribution in [3.8, 4) is 0 Å². The normalized spacial score (nSPS) is 28.0. The van der Waals surface area contributed by atoms with Crippen molar-refractivity contribution in [2.45, 2.75) is 97.5 Å². The molecule has 2 fully saturated rings. The second-order valence-electron chi connectivity index (χ2n) is 10.1. The van der Waals surface area contributed by atoms with Crippen LogP contribution in [0.1, 0.15) is 91.9 Å². The molecule has 1 N–H and O–H groups in total. The van der Waals surface area contributed by atoms with Gasteiger partial charge < -0.3 is 15.0 Å². The molecule has 1 saturated carbocycles. The largest absolute Gasteiger partial charge is 0.444 e. The first-order valence-corrected chi connectivity index (χ1v) is 11.2. The molecule has 2 heterocycles. The summed E-state index contributed by atoms with van der Waals surface area (Å²) in [5.41, 5.74) is 1.74. The zero-order valence-corrected chi connectivity index (χ0v) is 18.2. The van der Waals surface area contributed by atoms with E-state index in [1.165, 1.54) is 43.4 Å². The number of carbonyl (C=O) groups excluding carboxylic acids is 2. The van der Waals surface area contributed by atoms with Crippen LogP contribution in [0.15, 0.2) is 11.3 Å². The van der Waals surface area contributed by atoms with Crippen molar-refractivity contribution in [2.24, 2.45) is 11.3 Å². The molecule has 0 radical (unpaired) electrons. The summed E-state index contributed by atoms with van der Waals surface area (Å²) in [6.07, 6.45) is 10.3. The van der Waals surface area contributed by atoms with Crippen LogP contribution in [0.3, 0.4) is 0 Å². The van der Waals surface area contributed by atoms with E-state index in [2.05, 4.69) is 12.2 Å². The van der Waals surface area contributed by atoms with Crippen LogP contribution < -0.4 is 5.32 Å². The first kappa shape index (κ1) is 21.2. The fourth-order valence-electron chi connectivity index (χ4n) is 5.06. The second kappa shape index (κ2) is 8.46. The minimum absolute atomic E-state index is 0.191. The number of allylic oxidation sites excluding steroid dienone is 2. The van der Waals surface area contributed by atoms with Crippen LogP contribution in [0.2, 0.25) is 0 Å². The lowest BCUT2D eigenvalue weighted by Crippen LogP contribution is -2.42. The molecule has 158 valence electrons. The smallest absolute Gasteiger partial charge is 0.410 e. The average Bonchev–Trinajstić information content (AvgIpc) is 2.93. The molecule has 2 amide bonds. The van der Waals surface area contributed by atoms with Crippen LogP contribution in [-0.2, 0) is 9.53 Å². The van der Waals surface area contributed by atoms with Gasteiger partial charge in [0.1, 0.15) is 5.60 Å². The fraction of sp³-hybridized carbons (Fsp3) is 0.826. The lowest BCUT2D eigenvalue weighted by atomic mass is 9.76. The molecule has 0 aromatic carbocycles. The molecule has 2 aliphatic heterocycles.